The monoisotopic (exact) mass is 439 g/mol. The number of anilines is 2. The Balaban J connectivity index is 1.64. The van der Waals surface area contributed by atoms with E-state index < -0.39 is 5.97 Å². The fourth-order valence-corrected chi connectivity index (χ4v) is 2.75. The highest BCUT2D eigenvalue weighted by molar-refractivity contribution is 5.90. The molecule has 0 atom stereocenters. The van der Waals surface area contributed by atoms with Crippen LogP contribution in [-0.2, 0) is 4.74 Å². The van der Waals surface area contributed by atoms with Crippen LogP contribution >= 0.6 is 0 Å². The van der Waals surface area contributed by atoms with Crippen molar-refractivity contribution in [2.24, 2.45) is 0 Å². The fourth-order valence-electron chi connectivity index (χ4n) is 2.75. The maximum Gasteiger partial charge on any atom is 0.337 e. The third-order valence-electron chi connectivity index (χ3n) is 4.28. The number of ether oxygens (including phenoxy) is 3. The average molecular weight is 439 g/mol. The number of carbonyl (C=O) groups excluding carboxylic acids is 1. The summed E-state index contributed by atoms with van der Waals surface area (Å²) in [5.41, 5.74) is 1.42. The summed E-state index contributed by atoms with van der Waals surface area (Å²) in [5, 5.41) is 12.0. The van der Waals surface area contributed by atoms with E-state index in [1.807, 2.05) is 24.3 Å². The van der Waals surface area contributed by atoms with Crippen molar-refractivity contribution in [1.82, 2.24) is 15.0 Å². The molecule has 0 unspecified atom stereocenters. The van der Waals surface area contributed by atoms with Crippen molar-refractivity contribution in [2.75, 3.05) is 12.4 Å². The number of esters is 1. The minimum atomic E-state index is -0.466. The van der Waals surface area contributed by atoms with Gasteiger partial charge < -0.3 is 19.5 Å². The Morgan fingerprint density at radius 3 is 2.15 bits per heavy atom. The minimum absolute atomic E-state index is 0.00599. The molecule has 0 saturated carbocycles. The molecule has 1 aromatic heterocycles. The third kappa shape index (κ3) is 5.59. The molecule has 0 saturated heterocycles. The Labute approximate surface area is 189 Å². The molecule has 162 valence electrons. The zero-order valence-corrected chi connectivity index (χ0v) is 17.4. The molecule has 0 aliphatic carbocycles. The topological polar surface area (TPSA) is 119 Å². The lowest BCUT2D eigenvalue weighted by Crippen LogP contribution is -2.05. The van der Waals surface area contributed by atoms with E-state index in [2.05, 4.69) is 20.3 Å². The molecule has 1 N–H and O–H groups in total. The Kier molecular flexibility index (Phi) is 6.38. The third-order valence-corrected chi connectivity index (χ3v) is 4.28. The maximum absolute atomic E-state index is 11.8. The Morgan fingerprint density at radius 1 is 0.848 bits per heavy atom. The van der Waals surface area contributed by atoms with Crippen molar-refractivity contribution >= 4 is 17.6 Å². The Hall–Kier alpha value is -4.97. The molecule has 0 fully saturated rings. The van der Waals surface area contributed by atoms with Gasteiger partial charge in [0, 0.05) is 5.69 Å². The molecule has 0 amide bonds. The molecular formula is C24H17N5O4. The van der Waals surface area contributed by atoms with Gasteiger partial charge in [0.2, 0.25) is 5.95 Å². The molecule has 4 aromatic rings. The van der Waals surface area contributed by atoms with Gasteiger partial charge in [-0.15, -0.1) is 4.98 Å². The van der Waals surface area contributed by atoms with E-state index in [-0.39, 0.29) is 18.0 Å². The first-order valence-electron chi connectivity index (χ1n) is 9.75. The predicted octanol–water partition coefficient (Wildman–Crippen LogP) is 4.86. The number of methoxy groups -OCH3 is 1. The predicted molar refractivity (Wildman–Crippen MR) is 119 cm³/mol. The van der Waals surface area contributed by atoms with Crippen LogP contribution in [-0.4, -0.2) is 28.0 Å². The van der Waals surface area contributed by atoms with E-state index in [1.165, 1.54) is 7.11 Å². The number of nitriles is 1. The van der Waals surface area contributed by atoms with Crippen LogP contribution in [0.3, 0.4) is 0 Å². The number of nitrogens with one attached hydrogen (secondary N) is 1. The van der Waals surface area contributed by atoms with E-state index >= 15 is 0 Å². The van der Waals surface area contributed by atoms with Gasteiger partial charge in [-0.1, -0.05) is 24.3 Å². The molecule has 0 aliphatic rings. The van der Waals surface area contributed by atoms with Gasteiger partial charge in [0.25, 0.3) is 0 Å². The van der Waals surface area contributed by atoms with Gasteiger partial charge in [-0.3, -0.25) is 0 Å². The van der Waals surface area contributed by atoms with Crippen LogP contribution in [0.2, 0.25) is 0 Å². The van der Waals surface area contributed by atoms with E-state index in [1.54, 1.807) is 60.7 Å². The largest absolute Gasteiger partial charge is 0.465 e. The van der Waals surface area contributed by atoms with Crippen LogP contribution in [0.5, 0.6) is 23.5 Å². The SMILES string of the molecule is COC(=O)c1cccc(Nc2nc(Oc3ccccc3)nc(Oc3ccc(C#N)cc3)n2)c1. The number of rotatable bonds is 7. The first-order chi connectivity index (χ1) is 16.1. The highest BCUT2D eigenvalue weighted by Gasteiger charge is 2.13. The molecule has 0 aliphatic heterocycles. The van der Waals surface area contributed by atoms with Crippen molar-refractivity contribution in [3.05, 3.63) is 90.0 Å². The molecule has 9 nitrogen and oxygen atoms in total. The lowest BCUT2D eigenvalue weighted by Gasteiger charge is -2.11. The first kappa shape index (κ1) is 21.3. The molecule has 0 spiro atoms. The maximum atomic E-state index is 11.8. The van der Waals surface area contributed by atoms with E-state index in [0.29, 0.717) is 28.3 Å². The summed E-state index contributed by atoms with van der Waals surface area (Å²) in [6.07, 6.45) is 0. The van der Waals surface area contributed by atoms with Gasteiger partial charge in [-0.05, 0) is 54.6 Å². The highest BCUT2D eigenvalue weighted by atomic mass is 16.5. The number of hydrogen-bond donors (Lipinski definition) is 1. The van der Waals surface area contributed by atoms with E-state index in [4.69, 9.17) is 19.5 Å². The summed E-state index contributed by atoms with van der Waals surface area (Å²) in [6, 6.07) is 24.2. The molecule has 9 heteroatoms. The van der Waals surface area contributed by atoms with Gasteiger partial charge >= 0.3 is 18.0 Å². The quantitative estimate of drug-likeness (QED) is 0.403. The number of aromatic nitrogens is 3. The number of carbonyl (C=O) groups is 1. The lowest BCUT2D eigenvalue weighted by atomic mass is 10.2. The first-order valence-corrected chi connectivity index (χ1v) is 9.75. The summed E-state index contributed by atoms with van der Waals surface area (Å²) in [6.45, 7) is 0. The smallest absolute Gasteiger partial charge is 0.337 e. The zero-order chi connectivity index (χ0) is 23.0. The standard InChI is InChI=1S/C24H17N5O4/c1-31-21(30)17-6-5-7-18(14-17)26-22-27-23(32-19-8-3-2-4-9-19)29-24(28-22)33-20-12-10-16(15-25)11-13-20/h2-14H,1H3,(H,26,27,28,29). The highest BCUT2D eigenvalue weighted by Crippen LogP contribution is 2.25. The van der Waals surface area contributed by atoms with Crippen LogP contribution in [0.15, 0.2) is 78.9 Å². The van der Waals surface area contributed by atoms with Crippen LogP contribution < -0.4 is 14.8 Å². The molecule has 0 bridgehead atoms. The summed E-state index contributed by atoms with van der Waals surface area (Å²) in [7, 11) is 1.31. The molecular weight excluding hydrogens is 422 g/mol. The van der Waals surface area contributed by atoms with Gasteiger partial charge in [-0.25, -0.2) is 4.79 Å². The normalized spacial score (nSPS) is 10.1. The van der Waals surface area contributed by atoms with Gasteiger partial charge in [0.05, 0.1) is 24.3 Å². The van der Waals surface area contributed by atoms with E-state index in [0.717, 1.165) is 0 Å². The zero-order valence-electron chi connectivity index (χ0n) is 17.4. The van der Waals surface area contributed by atoms with Crippen molar-refractivity contribution in [3.63, 3.8) is 0 Å². The van der Waals surface area contributed by atoms with Gasteiger partial charge in [0.15, 0.2) is 0 Å². The van der Waals surface area contributed by atoms with Crippen molar-refractivity contribution in [1.29, 1.82) is 5.26 Å². The summed E-state index contributed by atoms with van der Waals surface area (Å²) in [5.74, 6) is 0.644. The summed E-state index contributed by atoms with van der Waals surface area (Å²) < 4.78 is 16.3. The van der Waals surface area contributed by atoms with Crippen molar-refractivity contribution in [3.8, 4) is 29.6 Å². The van der Waals surface area contributed by atoms with Gasteiger partial charge in [0.1, 0.15) is 11.5 Å². The second kappa shape index (κ2) is 9.89. The van der Waals surface area contributed by atoms with Crippen LogP contribution in [0.1, 0.15) is 15.9 Å². The average Bonchev–Trinajstić information content (AvgIpc) is 2.84. The fraction of sp³-hybridized carbons (Fsp3) is 0.0417. The second-order valence-electron chi connectivity index (χ2n) is 6.57. The Morgan fingerprint density at radius 2 is 1.52 bits per heavy atom. The van der Waals surface area contributed by atoms with Crippen LogP contribution in [0.4, 0.5) is 11.6 Å². The minimum Gasteiger partial charge on any atom is -0.465 e. The number of para-hydroxylation sites is 1. The van der Waals surface area contributed by atoms with E-state index in [9.17, 15) is 4.79 Å². The number of hydrogen-bond acceptors (Lipinski definition) is 9. The number of benzene rings is 3. The molecule has 0 radical (unpaired) electrons. The summed E-state index contributed by atoms with van der Waals surface area (Å²) in [4.78, 5) is 24.6. The van der Waals surface area contributed by atoms with Gasteiger partial charge in [-0.2, -0.15) is 15.2 Å². The van der Waals surface area contributed by atoms with Crippen LogP contribution in [0, 0.1) is 11.3 Å². The van der Waals surface area contributed by atoms with Crippen molar-refractivity contribution < 1.29 is 19.0 Å². The molecule has 4 rings (SSSR count). The second-order valence-corrected chi connectivity index (χ2v) is 6.57. The summed E-state index contributed by atoms with van der Waals surface area (Å²) >= 11 is 0. The molecule has 1 heterocycles. The molecule has 33 heavy (non-hydrogen) atoms. The van der Waals surface area contributed by atoms with Crippen LogP contribution in [0.25, 0.3) is 0 Å². The molecule has 3 aromatic carbocycles. The lowest BCUT2D eigenvalue weighted by molar-refractivity contribution is 0.0600. The van der Waals surface area contributed by atoms with Crippen molar-refractivity contribution in [2.45, 2.75) is 0 Å². The Bertz CT molecular complexity index is 1300. The number of nitrogens with zero attached hydrogens (tertiary/aromatic N) is 4.